The van der Waals surface area contributed by atoms with Crippen LogP contribution >= 0.6 is 11.8 Å². The summed E-state index contributed by atoms with van der Waals surface area (Å²) >= 11 is 1.53. The van der Waals surface area contributed by atoms with Crippen molar-refractivity contribution in [2.75, 3.05) is 13.4 Å². The minimum atomic E-state index is -0.475. The smallest absolute Gasteiger partial charge is 0.309 e. The minimum Gasteiger partial charge on any atom is -0.507 e. The number of thioether (sulfide) groups is 1. The second-order valence-corrected chi connectivity index (χ2v) is 6.15. The molecule has 114 valence electrons. The van der Waals surface area contributed by atoms with Crippen LogP contribution in [0.25, 0.3) is 10.8 Å². The standard InChI is InChI=1S/C17H16O4S/c1-21-17(20)9-7-12-14(13(18)8-9)15(19)10-5-3-4-6-11(10)16(12)22-2/h3-6,9,19H,7-8H2,1-2H3. The molecule has 0 fully saturated rings. The van der Waals surface area contributed by atoms with Crippen molar-refractivity contribution in [2.24, 2.45) is 5.92 Å². The lowest BCUT2D eigenvalue weighted by atomic mass is 9.81. The number of Topliss-reactive ketones (excluding diaryl/α,β-unsaturated/α-hetero) is 1. The SMILES string of the molecule is COC(=O)C1CC(=O)c2c(c(SC)c3ccccc3c2O)C1. The number of methoxy groups -OCH3 is 1. The number of benzene rings is 2. The number of hydrogen-bond acceptors (Lipinski definition) is 5. The number of phenols is 1. The molecule has 2 aromatic carbocycles. The maximum Gasteiger partial charge on any atom is 0.309 e. The van der Waals surface area contributed by atoms with Gasteiger partial charge in [-0.1, -0.05) is 24.3 Å². The van der Waals surface area contributed by atoms with Gasteiger partial charge in [-0.05, 0) is 23.6 Å². The zero-order chi connectivity index (χ0) is 15.9. The molecule has 5 heteroatoms. The van der Waals surface area contributed by atoms with Crippen molar-refractivity contribution in [3.8, 4) is 5.75 Å². The van der Waals surface area contributed by atoms with E-state index in [9.17, 15) is 14.7 Å². The largest absolute Gasteiger partial charge is 0.507 e. The number of ketones is 1. The third-order valence-corrected chi connectivity index (χ3v) is 5.01. The van der Waals surface area contributed by atoms with E-state index in [0.29, 0.717) is 17.4 Å². The van der Waals surface area contributed by atoms with Crippen LogP contribution in [0.15, 0.2) is 29.2 Å². The van der Waals surface area contributed by atoms with Crippen molar-refractivity contribution in [1.82, 2.24) is 0 Å². The lowest BCUT2D eigenvalue weighted by Gasteiger charge is -2.25. The monoisotopic (exact) mass is 316 g/mol. The molecule has 22 heavy (non-hydrogen) atoms. The number of hydrogen-bond donors (Lipinski definition) is 1. The first kappa shape index (κ1) is 14.9. The summed E-state index contributed by atoms with van der Waals surface area (Å²) in [4.78, 5) is 25.2. The Hall–Kier alpha value is -2.01. The third-order valence-electron chi connectivity index (χ3n) is 4.14. The summed E-state index contributed by atoms with van der Waals surface area (Å²) in [6, 6.07) is 7.47. The van der Waals surface area contributed by atoms with E-state index in [-0.39, 0.29) is 23.9 Å². The molecule has 0 bridgehead atoms. The highest BCUT2D eigenvalue weighted by molar-refractivity contribution is 7.98. The Kier molecular flexibility index (Phi) is 3.83. The van der Waals surface area contributed by atoms with Gasteiger partial charge in [0.2, 0.25) is 0 Å². The predicted octanol–water partition coefficient (Wildman–Crippen LogP) is 3.19. The number of carbonyl (C=O) groups is 2. The number of esters is 1. The molecule has 1 aliphatic rings. The van der Waals surface area contributed by atoms with Crippen LogP contribution in [0.2, 0.25) is 0 Å². The van der Waals surface area contributed by atoms with Crippen LogP contribution < -0.4 is 0 Å². The van der Waals surface area contributed by atoms with Crippen LogP contribution in [0.3, 0.4) is 0 Å². The van der Waals surface area contributed by atoms with Gasteiger partial charge in [-0.2, -0.15) is 0 Å². The van der Waals surface area contributed by atoms with Gasteiger partial charge in [0.05, 0.1) is 18.6 Å². The quantitative estimate of drug-likeness (QED) is 0.681. The number of aromatic hydroxyl groups is 1. The molecule has 0 amide bonds. The van der Waals surface area contributed by atoms with E-state index >= 15 is 0 Å². The zero-order valence-corrected chi connectivity index (χ0v) is 13.2. The van der Waals surface area contributed by atoms with Crippen molar-refractivity contribution in [3.05, 3.63) is 35.4 Å². The Balaban J connectivity index is 2.28. The van der Waals surface area contributed by atoms with Crippen molar-refractivity contribution in [2.45, 2.75) is 17.7 Å². The highest BCUT2D eigenvalue weighted by Gasteiger charge is 2.35. The van der Waals surface area contributed by atoms with Crippen molar-refractivity contribution < 1.29 is 19.4 Å². The molecule has 0 saturated heterocycles. The summed E-state index contributed by atoms with van der Waals surface area (Å²) in [6.45, 7) is 0. The summed E-state index contributed by atoms with van der Waals surface area (Å²) < 4.78 is 4.78. The molecule has 0 aromatic heterocycles. The summed E-state index contributed by atoms with van der Waals surface area (Å²) in [5.41, 5.74) is 1.12. The first-order valence-electron chi connectivity index (χ1n) is 7.00. The normalized spacial score (nSPS) is 17.4. The molecule has 1 atom stereocenters. The average Bonchev–Trinajstić information content (AvgIpc) is 2.54. The second kappa shape index (κ2) is 5.65. The van der Waals surface area contributed by atoms with Crippen molar-refractivity contribution in [1.29, 1.82) is 0 Å². The number of phenolic OH excluding ortho intramolecular Hbond substituents is 1. The maximum atomic E-state index is 12.5. The Morgan fingerprint density at radius 3 is 2.59 bits per heavy atom. The summed E-state index contributed by atoms with van der Waals surface area (Å²) in [7, 11) is 1.33. The van der Waals surface area contributed by atoms with Crippen LogP contribution in [0.5, 0.6) is 5.75 Å². The molecule has 1 N–H and O–H groups in total. The molecular weight excluding hydrogens is 300 g/mol. The van der Waals surface area contributed by atoms with E-state index in [2.05, 4.69) is 0 Å². The fraction of sp³-hybridized carbons (Fsp3) is 0.294. The first-order valence-corrected chi connectivity index (χ1v) is 8.22. The van der Waals surface area contributed by atoms with E-state index in [1.54, 1.807) is 0 Å². The molecule has 1 aliphatic carbocycles. The minimum absolute atomic E-state index is 0.0247. The molecule has 1 unspecified atom stereocenters. The lowest BCUT2D eigenvalue weighted by molar-refractivity contribution is -0.145. The highest BCUT2D eigenvalue weighted by atomic mass is 32.2. The fourth-order valence-corrected chi connectivity index (χ4v) is 3.98. The first-order chi connectivity index (χ1) is 10.6. The van der Waals surface area contributed by atoms with Crippen LogP contribution in [0.1, 0.15) is 22.3 Å². The van der Waals surface area contributed by atoms with Gasteiger partial charge < -0.3 is 9.84 Å². The number of rotatable bonds is 2. The molecule has 0 aliphatic heterocycles. The van der Waals surface area contributed by atoms with Gasteiger partial charge in [0.15, 0.2) is 5.78 Å². The van der Waals surface area contributed by atoms with Crippen LogP contribution in [-0.2, 0) is 16.0 Å². The molecule has 0 radical (unpaired) electrons. The Morgan fingerprint density at radius 2 is 1.95 bits per heavy atom. The van der Waals surface area contributed by atoms with Gasteiger partial charge >= 0.3 is 5.97 Å². The van der Waals surface area contributed by atoms with Crippen LogP contribution in [0.4, 0.5) is 0 Å². The average molecular weight is 316 g/mol. The van der Waals surface area contributed by atoms with Gasteiger partial charge in [-0.15, -0.1) is 11.8 Å². The molecule has 4 nitrogen and oxygen atoms in total. The van der Waals surface area contributed by atoms with Gasteiger partial charge in [0, 0.05) is 16.7 Å². The van der Waals surface area contributed by atoms with Gasteiger partial charge in [-0.25, -0.2) is 0 Å². The predicted molar refractivity (Wildman–Crippen MR) is 85.6 cm³/mol. The molecule has 0 spiro atoms. The number of carbonyl (C=O) groups excluding carboxylic acids is 2. The Labute approximate surface area is 132 Å². The summed E-state index contributed by atoms with van der Waals surface area (Å²) in [6.07, 6.45) is 2.44. The van der Waals surface area contributed by atoms with E-state index < -0.39 is 5.92 Å². The lowest BCUT2D eigenvalue weighted by Crippen LogP contribution is -2.28. The molecule has 0 heterocycles. The Bertz CT molecular complexity index is 782. The zero-order valence-electron chi connectivity index (χ0n) is 12.4. The van der Waals surface area contributed by atoms with Gasteiger partial charge in [0.25, 0.3) is 0 Å². The van der Waals surface area contributed by atoms with Crippen LogP contribution in [0, 0.1) is 5.92 Å². The number of ether oxygens (including phenoxy) is 1. The number of fused-ring (bicyclic) bond motifs is 2. The van der Waals surface area contributed by atoms with Crippen molar-refractivity contribution in [3.63, 3.8) is 0 Å². The van der Waals surface area contributed by atoms with E-state index in [1.165, 1.54) is 18.9 Å². The summed E-state index contributed by atoms with van der Waals surface area (Å²) in [5.74, 6) is -1.03. The highest BCUT2D eigenvalue weighted by Crippen LogP contribution is 2.43. The molecule has 2 aromatic rings. The Morgan fingerprint density at radius 1 is 1.27 bits per heavy atom. The third kappa shape index (κ3) is 2.16. The molecular formula is C17H16O4S. The molecule has 0 saturated carbocycles. The maximum absolute atomic E-state index is 12.5. The second-order valence-electron chi connectivity index (χ2n) is 5.33. The fourth-order valence-electron chi connectivity index (χ4n) is 3.15. The van der Waals surface area contributed by atoms with Crippen LogP contribution in [-0.4, -0.2) is 30.2 Å². The molecule has 3 rings (SSSR count). The summed E-state index contributed by atoms with van der Waals surface area (Å²) in [5, 5.41) is 12.1. The topological polar surface area (TPSA) is 63.6 Å². The van der Waals surface area contributed by atoms with Gasteiger partial charge in [0.1, 0.15) is 5.75 Å². The van der Waals surface area contributed by atoms with Crippen molar-refractivity contribution >= 4 is 34.3 Å². The van der Waals surface area contributed by atoms with E-state index in [4.69, 9.17) is 4.74 Å². The van der Waals surface area contributed by atoms with E-state index in [0.717, 1.165) is 15.8 Å². The van der Waals surface area contributed by atoms with E-state index in [1.807, 2.05) is 30.5 Å². The van der Waals surface area contributed by atoms with Gasteiger partial charge in [-0.3, -0.25) is 9.59 Å².